The molecule has 0 aliphatic rings. The monoisotopic (exact) mass is 202 g/mol. The Morgan fingerprint density at radius 3 is 2.54 bits per heavy atom. The molecule has 0 aromatic carbocycles. The molecule has 13 heavy (non-hydrogen) atoms. The fourth-order valence-corrected chi connectivity index (χ4v) is 1.39. The summed E-state index contributed by atoms with van der Waals surface area (Å²) in [4.78, 5) is 11.2. The van der Waals surface area contributed by atoms with Crippen LogP contribution in [0.2, 0.25) is 0 Å². The minimum atomic E-state index is -3.37. The summed E-state index contributed by atoms with van der Waals surface area (Å²) in [6.45, 7) is 1.78. The smallest absolute Gasteiger partial charge is 0.204 e. The normalized spacial score (nSPS) is 11.5. The maximum absolute atomic E-state index is 11.2. The van der Waals surface area contributed by atoms with Gasteiger partial charge in [-0.1, -0.05) is 6.92 Å². The van der Waals surface area contributed by atoms with Crippen molar-refractivity contribution < 1.29 is 8.42 Å². The highest BCUT2D eigenvalue weighted by Crippen LogP contribution is 1.99. The van der Waals surface area contributed by atoms with E-state index in [0.717, 1.165) is 12.3 Å². The van der Waals surface area contributed by atoms with Crippen molar-refractivity contribution in [2.45, 2.75) is 18.4 Å². The maximum atomic E-state index is 11.2. The number of hydrogen-bond donors (Lipinski definition) is 1. The molecule has 1 aromatic heterocycles. The summed E-state index contributed by atoms with van der Waals surface area (Å²) in [5.74, 6) is 0. The van der Waals surface area contributed by atoms with Gasteiger partial charge in [0.15, 0.2) is 14.9 Å². The van der Waals surface area contributed by atoms with E-state index in [1.165, 1.54) is 0 Å². The number of nitrogens with one attached hydrogen (secondary N) is 1. The molecule has 0 fully saturated rings. The molecule has 0 bridgehead atoms. The van der Waals surface area contributed by atoms with Crippen LogP contribution in [0.25, 0.3) is 0 Å². The van der Waals surface area contributed by atoms with E-state index in [0.29, 0.717) is 12.1 Å². The van der Waals surface area contributed by atoms with Crippen LogP contribution >= 0.6 is 0 Å². The van der Waals surface area contributed by atoms with Gasteiger partial charge in [0.1, 0.15) is 5.69 Å². The lowest BCUT2D eigenvalue weighted by Gasteiger charge is -1.98. The number of nitrogens with zero attached hydrogens (tertiary/aromatic N) is 1. The summed E-state index contributed by atoms with van der Waals surface area (Å²) in [6.07, 6.45) is 1.50. The molecular formula is C7H10N2O3S. The Morgan fingerprint density at radius 2 is 2.15 bits per heavy atom. The molecule has 0 atom stereocenters. The van der Waals surface area contributed by atoms with Crippen LogP contribution in [-0.2, 0) is 16.3 Å². The summed E-state index contributed by atoms with van der Waals surface area (Å²) in [7, 11) is -3.37. The zero-order chi connectivity index (χ0) is 10.1. The second-order valence-corrected chi connectivity index (χ2v) is 4.65. The van der Waals surface area contributed by atoms with Crippen molar-refractivity contribution in [2.75, 3.05) is 6.26 Å². The predicted octanol–water partition coefficient (Wildman–Crippen LogP) is -0.264. The Bertz CT molecular complexity index is 461. The molecule has 0 aliphatic carbocycles. The number of sulfone groups is 1. The van der Waals surface area contributed by atoms with Gasteiger partial charge < -0.3 is 0 Å². The topological polar surface area (TPSA) is 79.9 Å². The third kappa shape index (κ3) is 2.15. The molecule has 0 unspecified atom stereocenters. The molecule has 72 valence electrons. The number of aryl methyl sites for hydroxylation is 1. The SMILES string of the molecule is CCc1n[nH]c(S(C)(=O)=O)cc1=O. The van der Waals surface area contributed by atoms with E-state index in [1.807, 2.05) is 0 Å². The van der Waals surface area contributed by atoms with Crippen LogP contribution < -0.4 is 5.43 Å². The molecule has 0 saturated carbocycles. The molecule has 1 rings (SSSR count). The second-order valence-electron chi connectivity index (χ2n) is 2.67. The lowest BCUT2D eigenvalue weighted by Crippen LogP contribution is -2.15. The molecule has 0 aliphatic heterocycles. The van der Waals surface area contributed by atoms with Crippen LogP contribution in [-0.4, -0.2) is 24.9 Å². The van der Waals surface area contributed by atoms with Gasteiger partial charge in [-0.05, 0) is 6.42 Å². The quantitative estimate of drug-likeness (QED) is 0.716. The highest BCUT2D eigenvalue weighted by Gasteiger charge is 2.09. The van der Waals surface area contributed by atoms with E-state index in [2.05, 4.69) is 10.2 Å². The molecular weight excluding hydrogens is 192 g/mol. The van der Waals surface area contributed by atoms with Gasteiger partial charge in [-0.2, -0.15) is 5.10 Å². The van der Waals surface area contributed by atoms with Gasteiger partial charge in [0.2, 0.25) is 5.43 Å². The largest absolute Gasteiger partial charge is 0.288 e. The molecule has 1 aromatic rings. The highest BCUT2D eigenvalue weighted by molar-refractivity contribution is 7.90. The summed E-state index contributed by atoms with van der Waals surface area (Å²) in [6, 6.07) is 1.06. The van der Waals surface area contributed by atoms with Gasteiger partial charge in [-0.25, -0.2) is 8.42 Å². The molecule has 0 amide bonds. The molecule has 5 nitrogen and oxygen atoms in total. The van der Waals surface area contributed by atoms with E-state index in [-0.39, 0.29) is 10.5 Å². The summed E-state index contributed by atoms with van der Waals surface area (Å²) >= 11 is 0. The van der Waals surface area contributed by atoms with Crippen LogP contribution in [0, 0.1) is 0 Å². The van der Waals surface area contributed by atoms with Crippen LogP contribution in [0.1, 0.15) is 12.6 Å². The minimum Gasteiger partial charge on any atom is -0.288 e. The third-order valence-electron chi connectivity index (χ3n) is 1.58. The average Bonchev–Trinajstić information content (AvgIpc) is 2.02. The van der Waals surface area contributed by atoms with E-state index in [9.17, 15) is 13.2 Å². The van der Waals surface area contributed by atoms with E-state index >= 15 is 0 Å². The van der Waals surface area contributed by atoms with Crippen molar-refractivity contribution >= 4 is 9.84 Å². The van der Waals surface area contributed by atoms with Gasteiger partial charge in [0.25, 0.3) is 0 Å². The van der Waals surface area contributed by atoms with Crippen molar-refractivity contribution in [3.8, 4) is 0 Å². The summed E-state index contributed by atoms with van der Waals surface area (Å²) in [5.41, 5.74) is -0.00549. The van der Waals surface area contributed by atoms with Crippen molar-refractivity contribution in [2.24, 2.45) is 0 Å². The Labute approximate surface area is 75.7 Å². The van der Waals surface area contributed by atoms with E-state index in [1.54, 1.807) is 6.92 Å². The molecule has 1 N–H and O–H groups in total. The van der Waals surface area contributed by atoms with Gasteiger partial charge >= 0.3 is 0 Å². The van der Waals surface area contributed by atoms with Crippen molar-refractivity contribution in [1.82, 2.24) is 10.2 Å². The Hall–Kier alpha value is -1.17. The van der Waals surface area contributed by atoms with Crippen molar-refractivity contribution in [1.29, 1.82) is 0 Å². The molecule has 0 saturated heterocycles. The fourth-order valence-electron chi connectivity index (χ4n) is 0.856. The minimum absolute atomic E-state index is 0.144. The zero-order valence-electron chi connectivity index (χ0n) is 7.36. The average molecular weight is 202 g/mol. The number of aromatic nitrogens is 2. The van der Waals surface area contributed by atoms with Gasteiger partial charge in [0.05, 0.1) is 0 Å². The van der Waals surface area contributed by atoms with Gasteiger partial charge in [-0.15, -0.1) is 0 Å². The highest BCUT2D eigenvalue weighted by atomic mass is 32.2. The second kappa shape index (κ2) is 3.29. The Balaban J connectivity index is 3.35. The first-order chi connectivity index (χ1) is 5.95. The first kappa shape index (κ1) is 9.91. The zero-order valence-corrected chi connectivity index (χ0v) is 8.18. The standard InChI is InChI=1S/C7H10N2O3S/c1-3-5-6(10)4-7(9-8-5)13(2,11)12/h4H,3H2,1-2H3,(H,9,10). The predicted molar refractivity (Wildman–Crippen MR) is 47.3 cm³/mol. The molecule has 6 heteroatoms. The van der Waals surface area contributed by atoms with Gasteiger partial charge in [-0.3, -0.25) is 9.89 Å². The molecule has 1 heterocycles. The number of hydrogen-bond acceptors (Lipinski definition) is 4. The third-order valence-corrected chi connectivity index (χ3v) is 2.59. The summed E-state index contributed by atoms with van der Waals surface area (Å²) < 4.78 is 21.9. The van der Waals surface area contributed by atoms with Crippen LogP contribution in [0.5, 0.6) is 0 Å². The van der Waals surface area contributed by atoms with Crippen molar-refractivity contribution in [3.05, 3.63) is 22.0 Å². The Kier molecular flexibility index (Phi) is 2.51. The lowest BCUT2D eigenvalue weighted by atomic mass is 10.3. The van der Waals surface area contributed by atoms with E-state index < -0.39 is 9.84 Å². The van der Waals surface area contributed by atoms with E-state index in [4.69, 9.17) is 0 Å². The van der Waals surface area contributed by atoms with Crippen LogP contribution in [0.15, 0.2) is 15.9 Å². The number of aromatic amines is 1. The van der Waals surface area contributed by atoms with Crippen LogP contribution in [0.3, 0.4) is 0 Å². The van der Waals surface area contributed by atoms with Gasteiger partial charge in [0, 0.05) is 12.3 Å². The van der Waals surface area contributed by atoms with Crippen LogP contribution in [0.4, 0.5) is 0 Å². The Morgan fingerprint density at radius 1 is 1.54 bits per heavy atom. The summed E-state index contributed by atoms with van der Waals surface area (Å²) in [5, 5.41) is 5.83. The first-order valence-corrected chi connectivity index (χ1v) is 5.63. The first-order valence-electron chi connectivity index (χ1n) is 3.74. The lowest BCUT2D eigenvalue weighted by molar-refractivity contribution is 0.595. The molecule has 0 radical (unpaired) electrons. The maximum Gasteiger partial charge on any atom is 0.204 e. The van der Waals surface area contributed by atoms with Crippen molar-refractivity contribution in [3.63, 3.8) is 0 Å². The molecule has 0 spiro atoms. The number of H-pyrrole nitrogens is 1. The fraction of sp³-hybridized carbons (Fsp3) is 0.429. The number of rotatable bonds is 2.